The number of primary amides is 1. The van der Waals surface area contributed by atoms with Gasteiger partial charge in [0.15, 0.2) is 5.78 Å². The molecule has 0 saturated heterocycles. The van der Waals surface area contributed by atoms with Crippen LogP contribution in [0.1, 0.15) is 15.9 Å². The molecule has 5 nitrogen and oxygen atoms in total. The van der Waals surface area contributed by atoms with Crippen molar-refractivity contribution in [1.82, 2.24) is 4.90 Å². The lowest BCUT2D eigenvalue weighted by molar-refractivity contribution is -0.118. The van der Waals surface area contributed by atoms with E-state index in [0.717, 1.165) is 0 Å². The van der Waals surface area contributed by atoms with Gasteiger partial charge >= 0.3 is 0 Å². The van der Waals surface area contributed by atoms with Crippen LogP contribution in [0, 0.1) is 0 Å². The van der Waals surface area contributed by atoms with Crippen LogP contribution in [0.15, 0.2) is 48.5 Å². The highest BCUT2D eigenvalue weighted by atomic mass is 35.5. The standard InChI is InChI=1S/C18H20ClN3O2.ClH/c1-22(12-17(20)23)10-9-21-16-8-7-14(19)11-15(16)18(24)13-5-3-2-4-6-13;/h2-8,11,21H,9-10,12H2,1H3,(H2,20,23);1H. The van der Waals surface area contributed by atoms with Gasteiger partial charge in [0.2, 0.25) is 5.91 Å². The van der Waals surface area contributed by atoms with Gasteiger partial charge in [-0.3, -0.25) is 14.5 Å². The second-order valence-electron chi connectivity index (χ2n) is 5.52. The number of nitrogens with two attached hydrogens (primary N) is 1. The summed E-state index contributed by atoms with van der Waals surface area (Å²) >= 11 is 6.05. The van der Waals surface area contributed by atoms with Crippen LogP contribution in [0.4, 0.5) is 5.69 Å². The molecular weight excluding hydrogens is 361 g/mol. The summed E-state index contributed by atoms with van der Waals surface area (Å²) in [5, 5.41) is 3.73. The topological polar surface area (TPSA) is 75.4 Å². The first-order valence-corrected chi connectivity index (χ1v) is 7.95. The van der Waals surface area contributed by atoms with Crippen LogP contribution in [0.2, 0.25) is 5.02 Å². The first-order chi connectivity index (χ1) is 11.5. The molecular formula is C18H21Cl2N3O2. The lowest BCUT2D eigenvalue weighted by Crippen LogP contribution is -2.33. The molecule has 0 heterocycles. The van der Waals surface area contributed by atoms with Crippen LogP contribution in [0.3, 0.4) is 0 Å². The Morgan fingerprint density at radius 3 is 2.48 bits per heavy atom. The quantitative estimate of drug-likeness (QED) is 0.689. The van der Waals surface area contributed by atoms with E-state index in [0.29, 0.717) is 34.9 Å². The van der Waals surface area contributed by atoms with Crippen molar-refractivity contribution >= 4 is 41.4 Å². The van der Waals surface area contributed by atoms with E-state index in [9.17, 15) is 9.59 Å². The Kier molecular flexibility index (Phi) is 8.41. The molecule has 0 bridgehead atoms. The molecule has 7 heteroatoms. The molecule has 25 heavy (non-hydrogen) atoms. The minimum Gasteiger partial charge on any atom is -0.383 e. The second kappa shape index (κ2) is 10.0. The predicted molar refractivity (Wildman–Crippen MR) is 104 cm³/mol. The number of amides is 1. The number of halogens is 2. The highest BCUT2D eigenvalue weighted by molar-refractivity contribution is 6.31. The summed E-state index contributed by atoms with van der Waals surface area (Å²) in [4.78, 5) is 25.4. The summed E-state index contributed by atoms with van der Waals surface area (Å²) in [6.07, 6.45) is 0. The Balaban J connectivity index is 0.00000312. The third-order valence-corrected chi connectivity index (χ3v) is 3.73. The number of likely N-dealkylation sites (N-methyl/N-ethyl adjacent to an activating group) is 1. The summed E-state index contributed by atoms with van der Waals surface area (Å²) in [5.41, 5.74) is 6.99. The summed E-state index contributed by atoms with van der Waals surface area (Å²) < 4.78 is 0. The smallest absolute Gasteiger partial charge is 0.231 e. The molecule has 2 aromatic carbocycles. The number of rotatable bonds is 8. The van der Waals surface area contributed by atoms with E-state index in [4.69, 9.17) is 17.3 Å². The fourth-order valence-corrected chi connectivity index (χ4v) is 2.50. The van der Waals surface area contributed by atoms with E-state index in [1.54, 1.807) is 30.3 Å². The van der Waals surface area contributed by atoms with Gasteiger partial charge in [0.05, 0.1) is 6.54 Å². The zero-order valence-corrected chi connectivity index (χ0v) is 15.4. The molecule has 0 atom stereocenters. The van der Waals surface area contributed by atoms with Gasteiger partial charge in [0.1, 0.15) is 0 Å². The van der Waals surface area contributed by atoms with E-state index in [1.165, 1.54) is 0 Å². The number of carbonyl (C=O) groups is 2. The van der Waals surface area contributed by atoms with Crippen molar-refractivity contribution in [2.75, 3.05) is 32.0 Å². The number of hydrogen-bond donors (Lipinski definition) is 2. The van der Waals surface area contributed by atoms with Crippen LogP contribution in [0.5, 0.6) is 0 Å². The van der Waals surface area contributed by atoms with E-state index in [-0.39, 0.29) is 30.6 Å². The molecule has 3 N–H and O–H groups in total. The van der Waals surface area contributed by atoms with Gasteiger partial charge in [-0.25, -0.2) is 0 Å². The third kappa shape index (κ3) is 6.38. The molecule has 2 aromatic rings. The highest BCUT2D eigenvalue weighted by Crippen LogP contribution is 2.23. The lowest BCUT2D eigenvalue weighted by Gasteiger charge is -2.17. The molecule has 0 aliphatic heterocycles. The normalized spacial score (nSPS) is 10.2. The van der Waals surface area contributed by atoms with Crippen molar-refractivity contribution in [2.45, 2.75) is 0 Å². The van der Waals surface area contributed by atoms with Gasteiger partial charge in [-0.2, -0.15) is 0 Å². The second-order valence-corrected chi connectivity index (χ2v) is 5.95. The van der Waals surface area contributed by atoms with Gasteiger partial charge in [-0.15, -0.1) is 12.4 Å². The average Bonchev–Trinajstić information content (AvgIpc) is 2.55. The van der Waals surface area contributed by atoms with Crippen LogP contribution in [-0.2, 0) is 4.79 Å². The highest BCUT2D eigenvalue weighted by Gasteiger charge is 2.14. The Labute approximate surface area is 158 Å². The summed E-state index contributed by atoms with van der Waals surface area (Å²) in [6, 6.07) is 14.2. The maximum absolute atomic E-state index is 12.7. The Hall–Kier alpha value is -2.08. The van der Waals surface area contributed by atoms with E-state index in [1.807, 2.05) is 30.1 Å². The number of anilines is 1. The molecule has 0 saturated carbocycles. The van der Waals surface area contributed by atoms with Crippen molar-refractivity contribution in [3.05, 3.63) is 64.7 Å². The number of benzene rings is 2. The number of carbonyl (C=O) groups excluding carboxylic acids is 2. The first kappa shape index (κ1) is 21.0. The van der Waals surface area contributed by atoms with Gasteiger partial charge in [-0.1, -0.05) is 41.9 Å². The molecule has 0 aliphatic rings. The molecule has 0 aliphatic carbocycles. The first-order valence-electron chi connectivity index (χ1n) is 7.57. The van der Waals surface area contributed by atoms with Gasteiger partial charge < -0.3 is 11.1 Å². The largest absolute Gasteiger partial charge is 0.383 e. The van der Waals surface area contributed by atoms with E-state index < -0.39 is 0 Å². The predicted octanol–water partition coefficient (Wildman–Crippen LogP) is 2.82. The third-order valence-electron chi connectivity index (χ3n) is 3.50. The number of nitrogens with one attached hydrogen (secondary N) is 1. The van der Waals surface area contributed by atoms with Crippen molar-refractivity contribution in [2.24, 2.45) is 5.73 Å². The molecule has 2 rings (SSSR count). The summed E-state index contributed by atoms with van der Waals surface area (Å²) in [6.45, 7) is 1.38. The fourth-order valence-electron chi connectivity index (χ4n) is 2.33. The zero-order valence-electron chi connectivity index (χ0n) is 13.9. The number of ketones is 1. The maximum atomic E-state index is 12.7. The maximum Gasteiger partial charge on any atom is 0.231 e. The number of nitrogens with zero attached hydrogens (tertiary/aromatic N) is 1. The van der Waals surface area contributed by atoms with Crippen LogP contribution < -0.4 is 11.1 Å². The fraction of sp³-hybridized carbons (Fsp3) is 0.222. The minimum absolute atomic E-state index is 0. The molecule has 134 valence electrons. The summed E-state index contributed by atoms with van der Waals surface area (Å²) in [5.74, 6) is -0.463. The van der Waals surface area contributed by atoms with E-state index in [2.05, 4.69) is 5.32 Å². The number of hydrogen-bond acceptors (Lipinski definition) is 4. The molecule has 0 unspecified atom stereocenters. The molecule has 0 fully saturated rings. The lowest BCUT2D eigenvalue weighted by atomic mass is 10.0. The molecule has 0 aromatic heterocycles. The van der Waals surface area contributed by atoms with E-state index >= 15 is 0 Å². The van der Waals surface area contributed by atoms with Crippen molar-refractivity contribution in [3.8, 4) is 0 Å². The Morgan fingerprint density at radius 2 is 1.84 bits per heavy atom. The van der Waals surface area contributed by atoms with Gasteiger partial charge in [0, 0.05) is 34.9 Å². The van der Waals surface area contributed by atoms with Crippen molar-refractivity contribution in [3.63, 3.8) is 0 Å². The monoisotopic (exact) mass is 381 g/mol. The van der Waals surface area contributed by atoms with Gasteiger partial charge in [-0.05, 0) is 25.2 Å². The Morgan fingerprint density at radius 1 is 1.16 bits per heavy atom. The van der Waals surface area contributed by atoms with Gasteiger partial charge in [0.25, 0.3) is 0 Å². The SMILES string of the molecule is CN(CCNc1ccc(Cl)cc1C(=O)c1ccccc1)CC(N)=O.Cl. The van der Waals surface area contributed by atoms with Crippen LogP contribution >= 0.6 is 24.0 Å². The van der Waals surface area contributed by atoms with Crippen LogP contribution in [0.25, 0.3) is 0 Å². The van der Waals surface area contributed by atoms with Crippen molar-refractivity contribution < 1.29 is 9.59 Å². The molecule has 0 spiro atoms. The average molecular weight is 382 g/mol. The summed E-state index contributed by atoms with van der Waals surface area (Å²) in [7, 11) is 1.81. The Bertz CT molecular complexity index is 724. The zero-order chi connectivity index (χ0) is 17.5. The van der Waals surface area contributed by atoms with Crippen LogP contribution in [-0.4, -0.2) is 43.3 Å². The molecule has 1 amide bonds. The molecule has 0 radical (unpaired) electrons. The van der Waals surface area contributed by atoms with Crippen molar-refractivity contribution in [1.29, 1.82) is 0 Å². The minimum atomic E-state index is -0.371.